The van der Waals surface area contributed by atoms with Gasteiger partial charge in [-0.1, -0.05) is 42.5 Å². The van der Waals surface area contributed by atoms with E-state index in [9.17, 15) is 17.6 Å². The normalized spacial score (nSPS) is 13.8. The van der Waals surface area contributed by atoms with Gasteiger partial charge in [-0.15, -0.1) is 0 Å². The monoisotopic (exact) mass is 410 g/mol. The summed E-state index contributed by atoms with van der Waals surface area (Å²) < 4.78 is 41.2. The van der Waals surface area contributed by atoms with E-state index in [4.69, 9.17) is 0 Å². The zero-order chi connectivity index (χ0) is 20.4. The molecule has 0 spiro atoms. The Balaban J connectivity index is 1.52. The molecule has 1 amide bonds. The van der Waals surface area contributed by atoms with E-state index in [-0.39, 0.29) is 11.6 Å². The van der Waals surface area contributed by atoms with Crippen molar-refractivity contribution >= 4 is 21.6 Å². The predicted octanol–water partition coefficient (Wildman–Crippen LogP) is 4.19. The summed E-state index contributed by atoms with van der Waals surface area (Å²) in [5.41, 5.74) is 2.68. The van der Waals surface area contributed by atoms with E-state index in [1.54, 1.807) is 12.1 Å². The summed E-state index contributed by atoms with van der Waals surface area (Å²) in [5, 5.41) is 2.71. The number of carbonyl (C=O) groups is 1. The molecule has 0 saturated heterocycles. The van der Waals surface area contributed by atoms with Crippen LogP contribution in [0.1, 0.15) is 23.2 Å². The van der Waals surface area contributed by atoms with Gasteiger partial charge >= 0.3 is 0 Å². The van der Waals surface area contributed by atoms with Crippen molar-refractivity contribution in [3.8, 4) is 11.1 Å². The lowest BCUT2D eigenvalue weighted by molar-refractivity contribution is 0.102. The van der Waals surface area contributed by atoms with Crippen LogP contribution in [0.4, 0.5) is 10.1 Å². The Hall–Kier alpha value is -3.03. The van der Waals surface area contributed by atoms with Gasteiger partial charge in [0.05, 0.1) is 0 Å². The highest BCUT2D eigenvalue weighted by molar-refractivity contribution is 7.89. The van der Waals surface area contributed by atoms with Crippen LogP contribution in [0, 0.1) is 5.82 Å². The third-order valence-corrected chi connectivity index (χ3v) is 6.17. The maximum atomic E-state index is 14.1. The molecular weight excluding hydrogens is 391 g/mol. The Kier molecular flexibility index (Phi) is 5.17. The molecule has 148 valence electrons. The number of carbonyl (C=O) groups excluding carboxylic acids is 1. The molecular formula is C22H19FN2O3S. The fourth-order valence-corrected chi connectivity index (χ4v) is 4.32. The first-order chi connectivity index (χ1) is 13.9. The molecule has 29 heavy (non-hydrogen) atoms. The number of benzene rings is 3. The molecule has 0 bridgehead atoms. The smallest absolute Gasteiger partial charge is 0.255 e. The molecule has 0 unspecified atom stereocenters. The number of anilines is 1. The Morgan fingerprint density at radius 2 is 1.55 bits per heavy atom. The van der Waals surface area contributed by atoms with Crippen LogP contribution in [0.15, 0.2) is 77.7 Å². The summed E-state index contributed by atoms with van der Waals surface area (Å²) >= 11 is 0. The molecule has 5 nitrogen and oxygen atoms in total. The van der Waals surface area contributed by atoms with E-state index >= 15 is 0 Å². The minimum Gasteiger partial charge on any atom is -0.322 e. The fourth-order valence-electron chi connectivity index (χ4n) is 2.91. The van der Waals surface area contributed by atoms with Crippen LogP contribution in [-0.2, 0) is 10.0 Å². The van der Waals surface area contributed by atoms with E-state index in [0.29, 0.717) is 5.69 Å². The molecule has 7 heteroatoms. The van der Waals surface area contributed by atoms with Crippen LogP contribution in [0.5, 0.6) is 0 Å². The highest BCUT2D eigenvalue weighted by Crippen LogP contribution is 2.25. The molecule has 0 aromatic heterocycles. The Morgan fingerprint density at radius 3 is 2.21 bits per heavy atom. The number of halogens is 1. The molecule has 1 aliphatic carbocycles. The average Bonchev–Trinajstić information content (AvgIpc) is 3.52. The van der Waals surface area contributed by atoms with Crippen LogP contribution in [0.2, 0.25) is 0 Å². The summed E-state index contributed by atoms with van der Waals surface area (Å²) in [5.74, 6) is -1.40. The Bertz CT molecular complexity index is 1140. The first-order valence-corrected chi connectivity index (χ1v) is 10.7. The molecule has 1 saturated carbocycles. The lowest BCUT2D eigenvalue weighted by Crippen LogP contribution is -2.27. The molecule has 0 atom stereocenters. The molecule has 3 aromatic rings. The van der Waals surface area contributed by atoms with Crippen molar-refractivity contribution in [2.75, 3.05) is 5.32 Å². The minimum atomic E-state index is -4.00. The third-order valence-electron chi connectivity index (χ3n) is 4.63. The zero-order valence-corrected chi connectivity index (χ0v) is 16.2. The van der Waals surface area contributed by atoms with Crippen molar-refractivity contribution in [2.24, 2.45) is 0 Å². The molecule has 0 heterocycles. The second kappa shape index (κ2) is 7.77. The van der Waals surface area contributed by atoms with E-state index in [1.165, 1.54) is 6.07 Å². The lowest BCUT2D eigenvalue weighted by Gasteiger charge is -2.10. The zero-order valence-electron chi connectivity index (χ0n) is 15.4. The largest absolute Gasteiger partial charge is 0.322 e. The minimum absolute atomic E-state index is 0.0645. The van der Waals surface area contributed by atoms with Crippen LogP contribution < -0.4 is 10.0 Å². The third kappa shape index (κ3) is 4.52. The van der Waals surface area contributed by atoms with E-state index < -0.39 is 26.6 Å². The van der Waals surface area contributed by atoms with Gasteiger partial charge in [-0.05, 0) is 54.3 Å². The van der Waals surface area contributed by atoms with Gasteiger partial charge in [-0.25, -0.2) is 17.5 Å². The van der Waals surface area contributed by atoms with Gasteiger partial charge < -0.3 is 5.32 Å². The van der Waals surface area contributed by atoms with Crippen LogP contribution in [0.25, 0.3) is 11.1 Å². The second-order valence-corrected chi connectivity index (χ2v) is 8.62. The van der Waals surface area contributed by atoms with Gasteiger partial charge in [0.1, 0.15) is 10.7 Å². The predicted molar refractivity (Wildman–Crippen MR) is 110 cm³/mol. The second-order valence-electron chi connectivity index (χ2n) is 6.94. The topological polar surface area (TPSA) is 75.3 Å². The number of amides is 1. The summed E-state index contributed by atoms with van der Waals surface area (Å²) in [6.45, 7) is 0. The van der Waals surface area contributed by atoms with Gasteiger partial charge in [0.25, 0.3) is 5.91 Å². The van der Waals surface area contributed by atoms with E-state index in [2.05, 4.69) is 10.0 Å². The molecule has 3 aromatic carbocycles. The summed E-state index contributed by atoms with van der Waals surface area (Å²) in [4.78, 5) is 12.0. The number of hydrogen-bond donors (Lipinski definition) is 2. The van der Waals surface area contributed by atoms with Crippen LogP contribution >= 0.6 is 0 Å². The first kappa shape index (κ1) is 19.3. The highest BCUT2D eigenvalue weighted by atomic mass is 32.2. The molecule has 1 aliphatic rings. The van der Waals surface area contributed by atoms with Gasteiger partial charge in [-0.3, -0.25) is 4.79 Å². The lowest BCUT2D eigenvalue weighted by atomic mass is 10.1. The Labute approximate surface area is 168 Å². The maximum absolute atomic E-state index is 14.1. The molecule has 1 fully saturated rings. The quantitative estimate of drug-likeness (QED) is 0.640. The summed E-state index contributed by atoms with van der Waals surface area (Å²) in [7, 11) is -4.00. The van der Waals surface area contributed by atoms with Gasteiger partial charge in [-0.2, -0.15) is 0 Å². The first-order valence-electron chi connectivity index (χ1n) is 9.21. The SMILES string of the molecule is O=C(Nc1ccc(-c2ccccc2)cc1)c1ccc(F)c(S(=O)(=O)NC2CC2)c1. The number of hydrogen-bond acceptors (Lipinski definition) is 3. The van der Waals surface area contributed by atoms with Crippen molar-refractivity contribution in [1.29, 1.82) is 0 Å². The molecule has 0 aliphatic heterocycles. The van der Waals surface area contributed by atoms with Crippen LogP contribution in [0.3, 0.4) is 0 Å². The van der Waals surface area contributed by atoms with Crippen LogP contribution in [-0.4, -0.2) is 20.4 Å². The van der Waals surface area contributed by atoms with Crippen molar-refractivity contribution in [3.05, 3.63) is 84.2 Å². The number of rotatable bonds is 6. The summed E-state index contributed by atoms with van der Waals surface area (Å²) in [6, 6.07) is 20.3. The van der Waals surface area contributed by atoms with E-state index in [1.807, 2.05) is 42.5 Å². The van der Waals surface area contributed by atoms with Gasteiger partial charge in [0, 0.05) is 17.3 Å². The van der Waals surface area contributed by atoms with Gasteiger partial charge in [0.15, 0.2) is 0 Å². The fraction of sp³-hybridized carbons (Fsp3) is 0.136. The standard InChI is InChI=1S/C22H19FN2O3S/c23-20-13-8-17(14-21(20)29(27,28)25-19-11-12-19)22(26)24-18-9-6-16(7-10-18)15-4-2-1-3-5-15/h1-10,13-14,19,25H,11-12H2,(H,24,26). The molecule has 0 radical (unpaired) electrons. The number of sulfonamides is 1. The highest BCUT2D eigenvalue weighted by Gasteiger charge is 2.30. The van der Waals surface area contributed by atoms with Crippen molar-refractivity contribution in [1.82, 2.24) is 4.72 Å². The maximum Gasteiger partial charge on any atom is 0.255 e. The molecule has 4 rings (SSSR count). The Morgan fingerprint density at radius 1 is 0.897 bits per heavy atom. The summed E-state index contributed by atoms with van der Waals surface area (Å²) in [6.07, 6.45) is 1.47. The van der Waals surface area contributed by atoms with Gasteiger partial charge in [0.2, 0.25) is 10.0 Å². The van der Waals surface area contributed by atoms with Crippen molar-refractivity contribution < 1.29 is 17.6 Å². The van der Waals surface area contributed by atoms with E-state index in [0.717, 1.165) is 36.1 Å². The average molecular weight is 410 g/mol. The molecule has 2 N–H and O–H groups in total. The van der Waals surface area contributed by atoms with Crippen molar-refractivity contribution in [2.45, 2.75) is 23.8 Å². The van der Waals surface area contributed by atoms with Crippen molar-refractivity contribution in [3.63, 3.8) is 0 Å². The number of nitrogens with one attached hydrogen (secondary N) is 2.